The maximum atomic E-state index is 13.1. The number of nitrogens with zero attached hydrogens (tertiary/aromatic N) is 2. The van der Waals surface area contributed by atoms with Crippen LogP contribution < -0.4 is 5.73 Å². The summed E-state index contributed by atoms with van der Waals surface area (Å²) in [5.41, 5.74) is 6.66. The van der Waals surface area contributed by atoms with E-state index in [1.165, 1.54) is 0 Å². The third kappa shape index (κ3) is 6.45. The highest BCUT2D eigenvalue weighted by atomic mass is 16.6. The number of rotatable bonds is 4. The summed E-state index contributed by atoms with van der Waals surface area (Å²) in [7, 11) is 0. The molecule has 0 aromatic heterocycles. The molecule has 8 nitrogen and oxygen atoms in total. The molecular weight excluding hydrogens is 410 g/mol. The van der Waals surface area contributed by atoms with Crippen molar-refractivity contribution in [3.63, 3.8) is 0 Å². The first-order chi connectivity index (χ1) is 15.1. The fourth-order valence-corrected chi connectivity index (χ4v) is 4.22. The minimum atomic E-state index is -0.537. The van der Waals surface area contributed by atoms with Crippen molar-refractivity contribution in [1.29, 1.82) is 0 Å². The summed E-state index contributed by atoms with van der Waals surface area (Å²) >= 11 is 0. The van der Waals surface area contributed by atoms with Gasteiger partial charge in [0, 0.05) is 25.6 Å². The van der Waals surface area contributed by atoms with Gasteiger partial charge in [0.2, 0.25) is 5.91 Å². The minimum Gasteiger partial charge on any atom is -0.460 e. The average Bonchev–Trinajstić information content (AvgIpc) is 2.76. The van der Waals surface area contributed by atoms with Gasteiger partial charge in [-0.05, 0) is 52.0 Å². The number of hydrogen-bond acceptors (Lipinski definition) is 6. The second-order valence-electron chi connectivity index (χ2n) is 9.66. The van der Waals surface area contributed by atoms with E-state index < -0.39 is 11.8 Å². The Morgan fingerprint density at radius 3 is 2.22 bits per heavy atom. The number of carbonyl (C=O) groups is 3. The molecular formula is C24H35N3O5. The van der Waals surface area contributed by atoms with E-state index in [-0.39, 0.29) is 36.4 Å². The third-order valence-corrected chi connectivity index (χ3v) is 5.98. The highest BCUT2D eigenvalue weighted by Gasteiger charge is 2.38. The monoisotopic (exact) mass is 445 g/mol. The van der Waals surface area contributed by atoms with E-state index in [1.807, 2.05) is 51.1 Å². The second kappa shape index (κ2) is 10.3. The summed E-state index contributed by atoms with van der Waals surface area (Å²) in [6.45, 7) is 7.17. The van der Waals surface area contributed by atoms with Crippen molar-refractivity contribution < 1.29 is 23.9 Å². The molecule has 0 unspecified atom stereocenters. The van der Waals surface area contributed by atoms with Crippen molar-refractivity contribution in [2.75, 3.05) is 19.6 Å². The van der Waals surface area contributed by atoms with Crippen LogP contribution >= 0.6 is 0 Å². The van der Waals surface area contributed by atoms with Crippen molar-refractivity contribution in [3.05, 3.63) is 35.9 Å². The molecule has 0 spiro atoms. The minimum absolute atomic E-state index is 0.0115. The Hall–Kier alpha value is -2.61. The van der Waals surface area contributed by atoms with Crippen LogP contribution in [-0.4, -0.2) is 59.2 Å². The largest absolute Gasteiger partial charge is 0.460 e. The summed E-state index contributed by atoms with van der Waals surface area (Å²) in [6.07, 6.45) is 1.28. The summed E-state index contributed by atoms with van der Waals surface area (Å²) in [5.74, 6) is -0.688. The predicted octanol–water partition coefficient (Wildman–Crippen LogP) is 2.90. The van der Waals surface area contributed by atoms with Gasteiger partial charge in [-0.15, -0.1) is 0 Å². The van der Waals surface area contributed by atoms with Crippen LogP contribution in [0.3, 0.4) is 0 Å². The van der Waals surface area contributed by atoms with Crippen LogP contribution in [0.15, 0.2) is 30.3 Å². The predicted molar refractivity (Wildman–Crippen MR) is 119 cm³/mol. The molecule has 1 aromatic rings. The van der Waals surface area contributed by atoms with Gasteiger partial charge in [0.1, 0.15) is 12.2 Å². The van der Waals surface area contributed by atoms with Gasteiger partial charge in [0.15, 0.2) is 0 Å². The van der Waals surface area contributed by atoms with E-state index in [9.17, 15) is 14.4 Å². The first-order valence-electron chi connectivity index (χ1n) is 11.4. The number of piperidine rings is 2. The Morgan fingerprint density at radius 2 is 1.62 bits per heavy atom. The average molecular weight is 446 g/mol. The molecule has 3 rings (SSSR count). The number of nitrogens with two attached hydrogens (primary N) is 1. The molecule has 2 aliphatic rings. The lowest BCUT2D eigenvalue weighted by atomic mass is 9.90. The molecule has 2 heterocycles. The SMILES string of the molecule is CC(C)(C)OC(=O)[C@H]1CCN(C(=O)C2CCN(C(=O)OCc3ccccc3)CC2)[C@@H](N)C1. The van der Waals surface area contributed by atoms with Gasteiger partial charge in [0.25, 0.3) is 0 Å². The molecule has 2 amide bonds. The van der Waals surface area contributed by atoms with Gasteiger partial charge in [0.05, 0.1) is 12.1 Å². The first kappa shape index (κ1) is 24.0. The van der Waals surface area contributed by atoms with Crippen LogP contribution in [0.4, 0.5) is 4.79 Å². The van der Waals surface area contributed by atoms with Gasteiger partial charge >= 0.3 is 12.1 Å². The topological polar surface area (TPSA) is 102 Å². The van der Waals surface area contributed by atoms with E-state index in [1.54, 1.807) is 9.80 Å². The lowest BCUT2D eigenvalue weighted by molar-refractivity contribution is -0.164. The fourth-order valence-electron chi connectivity index (χ4n) is 4.22. The number of amides is 2. The Labute approximate surface area is 190 Å². The van der Waals surface area contributed by atoms with Crippen molar-refractivity contribution in [3.8, 4) is 0 Å². The zero-order chi connectivity index (χ0) is 23.3. The standard InChI is InChI=1S/C24H35N3O5/c1-24(2,3)32-22(29)19-11-14-27(20(25)15-19)21(28)18-9-12-26(13-10-18)23(30)31-16-17-7-5-4-6-8-17/h4-8,18-20H,9-16,25H2,1-3H3/t19-,20+/m0/s1. The van der Waals surface area contributed by atoms with E-state index in [4.69, 9.17) is 15.2 Å². The fraction of sp³-hybridized carbons (Fsp3) is 0.625. The molecule has 0 bridgehead atoms. The number of esters is 1. The van der Waals surface area contributed by atoms with Crippen LogP contribution in [-0.2, 0) is 25.7 Å². The maximum Gasteiger partial charge on any atom is 0.410 e. The van der Waals surface area contributed by atoms with Crippen LogP contribution in [0.2, 0.25) is 0 Å². The number of benzene rings is 1. The summed E-state index contributed by atoms with van der Waals surface area (Å²) in [6, 6.07) is 9.54. The van der Waals surface area contributed by atoms with Gasteiger partial charge in [-0.1, -0.05) is 30.3 Å². The number of carbonyl (C=O) groups excluding carboxylic acids is 3. The van der Waals surface area contributed by atoms with Crippen LogP contribution in [0.25, 0.3) is 0 Å². The van der Waals surface area contributed by atoms with Crippen LogP contribution in [0.5, 0.6) is 0 Å². The zero-order valence-electron chi connectivity index (χ0n) is 19.3. The lowest BCUT2D eigenvalue weighted by Gasteiger charge is -2.40. The molecule has 176 valence electrons. The van der Waals surface area contributed by atoms with E-state index in [2.05, 4.69) is 0 Å². The molecule has 0 saturated carbocycles. The highest BCUT2D eigenvalue weighted by Crippen LogP contribution is 2.28. The quantitative estimate of drug-likeness (QED) is 0.715. The van der Waals surface area contributed by atoms with E-state index in [0.29, 0.717) is 45.3 Å². The first-order valence-corrected chi connectivity index (χ1v) is 11.4. The van der Waals surface area contributed by atoms with Crippen molar-refractivity contribution in [2.45, 2.75) is 64.8 Å². The third-order valence-electron chi connectivity index (χ3n) is 5.98. The molecule has 0 radical (unpaired) electrons. The molecule has 8 heteroatoms. The highest BCUT2D eigenvalue weighted by molar-refractivity contribution is 5.80. The van der Waals surface area contributed by atoms with Crippen LogP contribution in [0, 0.1) is 11.8 Å². The van der Waals surface area contributed by atoms with Gasteiger partial charge in [-0.3, -0.25) is 9.59 Å². The molecule has 2 saturated heterocycles. The molecule has 1 aromatic carbocycles. The van der Waals surface area contributed by atoms with Gasteiger partial charge in [-0.25, -0.2) is 4.79 Å². The summed E-state index contributed by atoms with van der Waals surface area (Å²) in [5, 5.41) is 0. The number of hydrogen-bond donors (Lipinski definition) is 1. The Kier molecular flexibility index (Phi) is 7.77. The summed E-state index contributed by atoms with van der Waals surface area (Å²) in [4.78, 5) is 41.1. The number of ether oxygens (including phenoxy) is 2. The maximum absolute atomic E-state index is 13.1. The second-order valence-corrected chi connectivity index (χ2v) is 9.66. The van der Waals surface area contributed by atoms with Crippen molar-refractivity contribution in [1.82, 2.24) is 9.80 Å². The molecule has 2 N–H and O–H groups in total. The van der Waals surface area contributed by atoms with Crippen molar-refractivity contribution >= 4 is 18.0 Å². The lowest BCUT2D eigenvalue weighted by Crippen LogP contribution is -2.55. The molecule has 32 heavy (non-hydrogen) atoms. The van der Waals surface area contributed by atoms with E-state index in [0.717, 1.165) is 5.56 Å². The van der Waals surface area contributed by atoms with Gasteiger partial charge < -0.3 is 25.0 Å². The molecule has 0 aliphatic carbocycles. The van der Waals surface area contributed by atoms with Crippen LogP contribution in [0.1, 0.15) is 52.0 Å². The molecule has 2 aliphatic heterocycles. The van der Waals surface area contributed by atoms with Crippen molar-refractivity contribution in [2.24, 2.45) is 17.6 Å². The number of likely N-dealkylation sites (tertiary alicyclic amines) is 2. The zero-order valence-corrected chi connectivity index (χ0v) is 19.3. The Balaban J connectivity index is 1.44. The van der Waals surface area contributed by atoms with E-state index >= 15 is 0 Å². The Morgan fingerprint density at radius 1 is 1.00 bits per heavy atom. The molecule has 2 atom stereocenters. The normalized spacial score (nSPS) is 22.4. The molecule has 2 fully saturated rings. The summed E-state index contributed by atoms with van der Waals surface area (Å²) < 4.78 is 10.9. The Bertz CT molecular complexity index is 800. The van der Waals surface area contributed by atoms with Gasteiger partial charge in [-0.2, -0.15) is 0 Å². The smallest absolute Gasteiger partial charge is 0.410 e.